The first kappa shape index (κ1) is 47.5. The van der Waals surface area contributed by atoms with E-state index in [1.165, 1.54) is 0 Å². The molecule has 3 amide bonds. The van der Waals surface area contributed by atoms with Crippen LogP contribution in [-0.2, 0) is 14.4 Å². The van der Waals surface area contributed by atoms with Crippen molar-refractivity contribution in [1.82, 2.24) is 30.9 Å². The smallest absolute Gasteiger partial charge is 0.234 e. The van der Waals surface area contributed by atoms with Gasteiger partial charge < -0.3 is 59.3 Å². The van der Waals surface area contributed by atoms with Crippen LogP contribution in [0.25, 0.3) is 32.7 Å². The molecule has 6 bridgehead atoms. The molecular formula is C51H66N6O9. The van der Waals surface area contributed by atoms with Crippen molar-refractivity contribution in [2.45, 2.75) is 117 Å². The molecule has 7 rings (SSSR count). The monoisotopic (exact) mass is 906 g/mol. The highest BCUT2D eigenvalue weighted by Gasteiger charge is 2.42. The minimum atomic E-state index is -1.08. The van der Waals surface area contributed by atoms with Gasteiger partial charge in [0.15, 0.2) is 0 Å². The number of fused-ring (bicyclic) bond motifs is 3. The highest BCUT2D eigenvalue weighted by atomic mass is 16.5. The Morgan fingerprint density at radius 3 is 0.803 bits per heavy atom. The Labute approximate surface area is 386 Å². The van der Waals surface area contributed by atoms with E-state index in [0.29, 0.717) is 118 Å². The third-order valence-electron chi connectivity index (χ3n) is 12.3. The zero-order valence-electron chi connectivity index (χ0n) is 41.6. The van der Waals surface area contributed by atoms with E-state index in [0.717, 1.165) is 0 Å². The lowest BCUT2D eigenvalue weighted by atomic mass is 9.86. The van der Waals surface area contributed by atoms with E-state index in [4.69, 9.17) is 28.4 Å². The molecule has 1 aliphatic rings. The first-order valence-electron chi connectivity index (χ1n) is 22.1. The number of aromatic amines is 3. The lowest BCUT2D eigenvalue weighted by molar-refractivity contribution is -0.124. The summed E-state index contributed by atoms with van der Waals surface area (Å²) in [5.41, 5.74) is 4.67. The van der Waals surface area contributed by atoms with Crippen molar-refractivity contribution >= 4 is 50.4 Å². The van der Waals surface area contributed by atoms with Gasteiger partial charge in [0.1, 0.15) is 52.3 Å². The van der Waals surface area contributed by atoms with Gasteiger partial charge in [-0.1, -0.05) is 0 Å². The predicted molar refractivity (Wildman–Crippen MR) is 258 cm³/mol. The zero-order chi connectivity index (χ0) is 48.7. The van der Waals surface area contributed by atoms with Crippen molar-refractivity contribution in [3.63, 3.8) is 0 Å². The molecule has 66 heavy (non-hydrogen) atoms. The lowest BCUT2D eigenvalue weighted by Crippen LogP contribution is -2.44. The Balaban J connectivity index is 1.84. The number of ether oxygens (including phenoxy) is 6. The maximum absolute atomic E-state index is 15.4. The quantitative estimate of drug-likeness (QED) is 0.0826. The molecule has 4 heterocycles. The van der Waals surface area contributed by atoms with E-state index in [-0.39, 0.29) is 17.7 Å². The molecule has 0 aliphatic carbocycles. The van der Waals surface area contributed by atoms with Gasteiger partial charge in [0, 0.05) is 84.7 Å². The van der Waals surface area contributed by atoms with Gasteiger partial charge in [-0.15, -0.1) is 0 Å². The van der Waals surface area contributed by atoms with E-state index in [1.807, 2.05) is 83.1 Å². The van der Waals surface area contributed by atoms with Crippen molar-refractivity contribution in [1.29, 1.82) is 0 Å². The van der Waals surface area contributed by atoms with Crippen LogP contribution >= 0.6 is 0 Å². The summed E-state index contributed by atoms with van der Waals surface area (Å²) in [5.74, 6) is -1.75. The van der Waals surface area contributed by atoms with Crippen molar-refractivity contribution in [2.24, 2.45) is 0 Å². The van der Waals surface area contributed by atoms with E-state index in [1.54, 1.807) is 60.9 Å². The maximum Gasteiger partial charge on any atom is 0.234 e. The fraction of sp³-hybridized carbons (Fsp3) is 0.471. The Morgan fingerprint density at radius 2 is 0.621 bits per heavy atom. The van der Waals surface area contributed by atoms with Crippen LogP contribution in [-0.4, -0.2) is 91.9 Å². The summed E-state index contributed by atoms with van der Waals surface area (Å²) in [6, 6.07) is 5.33. The molecule has 1 aliphatic heterocycles. The average molecular weight is 907 g/mol. The molecule has 354 valence electrons. The molecule has 3 aromatic carbocycles. The largest absolute Gasteiger partial charge is 0.496 e. The summed E-state index contributed by atoms with van der Waals surface area (Å²) < 4.78 is 37.0. The fourth-order valence-electron chi connectivity index (χ4n) is 9.81. The SMILES string of the molecule is COc1cc(OC)c2c(C)c3[nH]c2c1C(C(=O)NC(C)(C)C)c1[nH]c2c(c(OC)cc(OC)c2c1C)C(C(=O)NC(C)(C)C)c1[nH]c2c(c(OC)cc(OC)c2c1C)C3C(=O)NC(C)(C)C. The van der Waals surface area contributed by atoms with Crippen LogP contribution in [0.3, 0.4) is 0 Å². The number of hydrogen-bond donors (Lipinski definition) is 6. The summed E-state index contributed by atoms with van der Waals surface area (Å²) in [6.45, 7) is 23.1. The predicted octanol–water partition coefficient (Wildman–Crippen LogP) is 8.56. The molecule has 3 atom stereocenters. The van der Waals surface area contributed by atoms with Crippen molar-refractivity contribution < 1.29 is 42.8 Å². The summed E-state index contributed by atoms with van der Waals surface area (Å²) in [6.07, 6.45) is 0. The summed E-state index contributed by atoms with van der Waals surface area (Å²) in [7, 11) is 9.38. The second-order valence-electron chi connectivity index (χ2n) is 20.3. The van der Waals surface area contributed by atoms with E-state index in [9.17, 15) is 0 Å². The molecule has 15 nitrogen and oxygen atoms in total. The molecule has 3 aromatic heterocycles. The highest BCUT2D eigenvalue weighted by molar-refractivity contribution is 6.07. The van der Waals surface area contributed by atoms with Crippen molar-refractivity contribution in [2.75, 3.05) is 42.7 Å². The van der Waals surface area contributed by atoms with E-state index in [2.05, 4.69) is 30.9 Å². The maximum atomic E-state index is 15.4. The Kier molecular flexibility index (Phi) is 12.0. The van der Waals surface area contributed by atoms with Gasteiger partial charge >= 0.3 is 0 Å². The molecule has 0 saturated heterocycles. The van der Waals surface area contributed by atoms with Crippen LogP contribution in [0.1, 0.15) is 131 Å². The van der Waals surface area contributed by atoms with Crippen LogP contribution in [0.2, 0.25) is 0 Å². The van der Waals surface area contributed by atoms with Gasteiger partial charge in [-0.2, -0.15) is 0 Å². The van der Waals surface area contributed by atoms with Gasteiger partial charge in [0.25, 0.3) is 0 Å². The number of methoxy groups -OCH3 is 6. The molecule has 6 aromatic rings. The number of aryl methyl sites for hydroxylation is 3. The number of benzene rings is 3. The molecule has 0 spiro atoms. The second kappa shape index (κ2) is 16.7. The summed E-state index contributed by atoms with van der Waals surface area (Å²) >= 11 is 0. The van der Waals surface area contributed by atoms with Crippen LogP contribution in [0, 0.1) is 20.8 Å². The van der Waals surface area contributed by atoms with E-state index < -0.39 is 34.4 Å². The summed E-state index contributed by atoms with van der Waals surface area (Å²) in [4.78, 5) is 57.3. The Hall–Kier alpha value is -6.51. The Morgan fingerprint density at radius 1 is 0.409 bits per heavy atom. The Bertz CT molecular complexity index is 2620. The molecule has 0 radical (unpaired) electrons. The minimum Gasteiger partial charge on any atom is -0.496 e. The number of amides is 3. The third-order valence-corrected chi connectivity index (χ3v) is 12.3. The van der Waals surface area contributed by atoms with Crippen LogP contribution in [0.4, 0.5) is 0 Å². The van der Waals surface area contributed by atoms with Crippen molar-refractivity contribution in [3.8, 4) is 34.5 Å². The number of aromatic nitrogens is 3. The normalized spacial score (nSPS) is 16.4. The number of H-pyrrole nitrogens is 3. The third kappa shape index (κ3) is 7.89. The second-order valence-corrected chi connectivity index (χ2v) is 20.3. The van der Waals surface area contributed by atoms with Gasteiger partial charge in [-0.3, -0.25) is 14.4 Å². The molecule has 3 unspecified atom stereocenters. The number of hydrogen-bond acceptors (Lipinski definition) is 9. The zero-order valence-corrected chi connectivity index (χ0v) is 41.6. The topological polar surface area (TPSA) is 190 Å². The lowest BCUT2D eigenvalue weighted by Gasteiger charge is -2.27. The molecule has 6 N–H and O–H groups in total. The van der Waals surface area contributed by atoms with Crippen LogP contribution in [0.15, 0.2) is 18.2 Å². The molecule has 0 fully saturated rings. The van der Waals surface area contributed by atoms with Gasteiger partial charge in [-0.25, -0.2) is 0 Å². The number of carbonyl (C=O) groups excluding carboxylic acids is 3. The van der Waals surface area contributed by atoms with Gasteiger partial charge in [0.05, 0.1) is 59.2 Å². The first-order valence-corrected chi connectivity index (χ1v) is 22.1. The molecule has 15 heteroatoms. The highest BCUT2D eigenvalue weighted by Crippen LogP contribution is 2.53. The number of nitrogens with one attached hydrogen (secondary N) is 6. The van der Waals surface area contributed by atoms with E-state index >= 15 is 14.4 Å². The fourth-order valence-corrected chi connectivity index (χ4v) is 9.81. The standard InChI is InChI=1S/C51H66N6O9/c1-22-31-25(61-13)19-28(64-16)35-38(47(59)56-50(7,8)9)41-24(3)33-27(63-15)21-30(66-18)36(45(33)54-41)39(48(60)57-51(10,11)12)42-23(2)32-26(62-14)20-29(65-17)34(44(32)53-42)37(40(22)52-43(31)35)46(58)55-49(4,5)6/h19-21,37-39,52-54H,1-18H3,(H,55,58)(H,56,59)(H,57,60). The van der Waals surface area contributed by atoms with Gasteiger partial charge in [-0.05, 0) is 99.8 Å². The summed E-state index contributed by atoms with van der Waals surface area (Å²) in [5, 5.41) is 11.7. The molecule has 0 saturated carbocycles. The van der Waals surface area contributed by atoms with Crippen molar-refractivity contribution in [3.05, 3.63) is 68.7 Å². The first-order chi connectivity index (χ1) is 30.8. The minimum absolute atomic E-state index is 0.334. The molecular weight excluding hydrogens is 841 g/mol. The number of rotatable bonds is 9. The van der Waals surface area contributed by atoms with Gasteiger partial charge in [0.2, 0.25) is 17.7 Å². The van der Waals surface area contributed by atoms with Crippen LogP contribution < -0.4 is 44.4 Å². The number of carbonyl (C=O) groups is 3. The van der Waals surface area contributed by atoms with Crippen LogP contribution in [0.5, 0.6) is 34.5 Å². The average Bonchev–Trinajstić information content (AvgIpc) is 3.86.